The summed E-state index contributed by atoms with van der Waals surface area (Å²) in [5.41, 5.74) is 3.65. The maximum Gasteiger partial charge on any atom is 0.255 e. The maximum atomic E-state index is 14.6. The van der Waals surface area contributed by atoms with E-state index in [1.165, 1.54) is 13.2 Å². The molecule has 242 valence electrons. The molecule has 2 saturated heterocycles. The number of ether oxygens (including phenoxy) is 2. The van der Waals surface area contributed by atoms with E-state index >= 15 is 0 Å². The molecule has 3 aliphatic heterocycles. The van der Waals surface area contributed by atoms with Crippen LogP contribution in [0.3, 0.4) is 0 Å². The molecular weight excluding hydrogens is 587 g/mol. The number of hydrogen-bond acceptors (Lipinski definition) is 8. The van der Waals surface area contributed by atoms with E-state index in [4.69, 9.17) is 9.47 Å². The summed E-state index contributed by atoms with van der Waals surface area (Å²) in [5.74, 6) is 6.14. The normalized spacial score (nSPS) is 22.4. The molecule has 0 saturated carbocycles. The number of halogens is 1. The van der Waals surface area contributed by atoms with Gasteiger partial charge in [-0.05, 0) is 50.5 Å². The number of carbonyl (C=O) groups is 1. The molecule has 10 nitrogen and oxygen atoms in total. The lowest BCUT2D eigenvalue weighted by molar-refractivity contribution is 0.0147. The predicted molar refractivity (Wildman–Crippen MR) is 175 cm³/mol. The average Bonchev–Trinajstić information content (AvgIpc) is 3.78. The van der Waals surface area contributed by atoms with E-state index in [0.717, 1.165) is 56.7 Å². The summed E-state index contributed by atoms with van der Waals surface area (Å²) in [6.07, 6.45) is 10.2. The van der Waals surface area contributed by atoms with Gasteiger partial charge in [-0.25, -0.2) is 4.39 Å². The van der Waals surface area contributed by atoms with Crippen LogP contribution in [0.5, 0.6) is 5.75 Å². The number of H-pyrrole nitrogens is 1. The molecule has 1 aromatic carbocycles. The molecule has 3 atom stereocenters. The first-order valence-corrected chi connectivity index (χ1v) is 15.8. The van der Waals surface area contributed by atoms with E-state index in [-0.39, 0.29) is 17.8 Å². The smallest absolute Gasteiger partial charge is 0.255 e. The number of fused-ring (bicyclic) bond motifs is 1. The molecular formula is C35H41FN6O4. The maximum absolute atomic E-state index is 14.6. The van der Waals surface area contributed by atoms with Crippen LogP contribution in [0.15, 0.2) is 48.8 Å². The first kappa shape index (κ1) is 31.8. The second-order valence-electron chi connectivity index (χ2n) is 12.2. The van der Waals surface area contributed by atoms with Crippen LogP contribution in [0.25, 0.3) is 11.3 Å². The highest BCUT2D eigenvalue weighted by molar-refractivity contribution is 6.06. The van der Waals surface area contributed by atoms with Gasteiger partial charge in [0, 0.05) is 69.9 Å². The van der Waals surface area contributed by atoms with E-state index in [9.17, 15) is 14.3 Å². The van der Waals surface area contributed by atoms with Crippen LogP contribution < -0.4 is 15.4 Å². The Morgan fingerprint density at radius 3 is 2.98 bits per heavy atom. The van der Waals surface area contributed by atoms with Crippen LogP contribution in [-0.2, 0) is 11.2 Å². The highest BCUT2D eigenvalue weighted by Crippen LogP contribution is 2.40. The van der Waals surface area contributed by atoms with Crippen LogP contribution in [0.1, 0.15) is 47.8 Å². The zero-order valence-corrected chi connectivity index (χ0v) is 26.5. The number of methoxy groups -OCH3 is 2. The number of carbonyl (C=O) groups excluding carboxylic acids is 1. The van der Waals surface area contributed by atoms with E-state index in [1.54, 1.807) is 31.6 Å². The van der Waals surface area contributed by atoms with Gasteiger partial charge in [0.25, 0.3) is 5.91 Å². The molecule has 5 heterocycles. The highest BCUT2D eigenvalue weighted by Gasteiger charge is 2.38. The van der Waals surface area contributed by atoms with Crippen LogP contribution in [-0.4, -0.2) is 95.6 Å². The fourth-order valence-corrected chi connectivity index (χ4v) is 6.70. The van der Waals surface area contributed by atoms with Crippen LogP contribution in [0, 0.1) is 17.7 Å². The lowest BCUT2D eigenvalue weighted by Crippen LogP contribution is -2.46. The minimum absolute atomic E-state index is 0.0517. The van der Waals surface area contributed by atoms with Crippen molar-refractivity contribution in [1.29, 1.82) is 0 Å². The fraction of sp³-hybridized carbons (Fsp3) is 0.429. The topological polar surface area (TPSA) is 115 Å². The lowest BCUT2D eigenvalue weighted by Gasteiger charge is -2.33. The Kier molecular flexibility index (Phi) is 9.42. The molecule has 4 N–H and O–H groups in total. The standard InChI is InChI=1S/C35H41FN6O4/c1-35(14-6-19-42(35)29(43)9-5-18-41-20-13-24(22-41)45-2)15-10-23-21-37-16-11-25(23)31-32(30-27(39-31)12-17-38-34(30)44)40-28-8-4-7-26(36)33(28)46-3/h4-5,7-9,11,16,21,24,29,39-40,43H,6,12-14,17-20,22H2,1-3H3,(H,38,44)/b9-5+/t24-,29?,35+/m0/s1. The molecule has 0 aliphatic carbocycles. The number of anilines is 2. The van der Waals surface area contributed by atoms with Crippen molar-refractivity contribution in [1.82, 2.24) is 25.1 Å². The van der Waals surface area contributed by atoms with Gasteiger partial charge in [0.05, 0.1) is 46.9 Å². The molecule has 6 rings (SSSR count). The van der Waals surface area contributed by atoms with Gasteiger partial charge in [0.1, 0.15) is 6.23 Å². The second kappa shape index (κ2) is 13.6. The Hall–Kier alpha value is -4.21. The van der Waals surface area contributed by atoms with Gasteiger partial charge in [0.2, 0.25) is 0 Å². The summed E-state index contributed by atoms with van der Waals surface area (Å²) in [7, 11) is 3.16. The molecule has 3 aromatic rings. The van der Waals surface area contributed by atoms with Crippen molar-refractivity contribution in [3.8, 4) is 28.8 Å². The Balaban J connectivity index is 1.30. The van der Waals surface area contributed by atoms with Gasteiger partial charge in [-0.3, -0.25) is 19.6 Å². The summed E-state index contributed by atoms with van der Waals surface area (Å²) < 4.78 is 25.4. The van der Waals surface area contributed by atoms with Crippen molar-refractivity contribution in [2.75, 3.05) is 52.3 Å². The second-order valence-corrected chi connectivity index (χ2v) is 12.2. The van der Waals surface area contributed by atoms with Crippen molar-refractivity contribution in [2.45, 2.75) is 50.5 Å². The number of aromatic amines is 1. The Labute approximate surface area is 269 Å². The summed E-state index contributed by atoms with van der Waals surface area (Å²) in [6, 6.07) is 6.47. The van der Waals surface area contributed by atoms with Gasteiger partial charge in [-0.1, -0.05) is 24.0 Å². The van der Waals surface area contributed by atoms with Gasteiger partial charge in [-0.2, -0.15) is 0 Å². The Morgan fingerprint density at radius 2 is 2.17 bits per heavy atom. The molecule has 1 unspecified atom stereocenters. The molecule has 11 heteroatoms. The molecule has 0 spiro atoms. The first-order valence-electron chi connectivity index (χ1n) is 15.8. The number of aliphatic hydroxyl groups is 1. The number of hydrogen-bond donors (Lipinski definition) is 4. The van der Waals surface area contributed by atoms with Crippen LogP contribution >= 0.6 is 0 Å². The molecule has 46 heavy (non-hydrogen) atoms. The van der Waals surface area contributed by atoms with E-state index in [2.05, 4.69) is 44.3 Å². The number of nitrogens with zero attached hydrogens (tertiary/aromatic N) is 3. The third-order valence-electron chi connectivity index (χ3n) is 9.20. The number of pyridine rings is 1. The van der Waals surface area contributed by atoms with Gasteiger partial charge >= 0.3 is 0 Å². The SMILES string of the molecule is COc1c(F)cccc1Nc1c(-c2ccncc2C#C[C@@]2(C)CCCN2C(O)/C=C/CN2CC[C@H](OC)C2)[nH]c2c1C(=O)NCC2. The van der Waals surface area contributed by atoms with Gasteiger partial charge < -0.3 is 30.2 Å². The number of aromatic nitrogens is 2. The van der Waals surface area contributed by atoms with E-state index in [0.29, 0.717) is 41.2 Å². The number of nitrogens with one attached hydrogen (secondary N) is 3. The monoisotopic (exact) mass is 628 g/mol. The molecule has 2 fully saturated rings. The third-order valence-corrected chi connectivity index (χ3v) is 9.20. The highest BCUT2D eigenvalue weighted by atomic mass is 19.1. The van der Waals surface area contributed by atoms with Crippen molar-refractivity contribution in [3.05, 3.63) is 71.4 Å². The average molecular weight is 629 g/mol. The van der Waals surface area contributed by atoms with E-state index in [1.807, 2.05) is 23.1 Å². The van der Waals surface area contributed by atoms with Gasteiger partial charge in [-0.15, -0.1) is 0 Å². The number of benzene rings is 1. The summed E-state index contributed by atoms with van der Waals surface area (Å²) in [6.45, 7) is 5.95. The van der Waals surface area contributed by atoms with E-state index < -0.39 is 17.6 Å². The lowest BCUT2D eigenvalue weighted by atomic mass is 9.97. The minimum atomic E-state index is -0.762. The van der Waals surface area contributed by atoms with Crippen molar-refractivity contribution >= 4 is 17.3 Å². The molecule has 1 amide bonds. The fourth-order valence-electron chi connectivity index (χ4n) is 6.70. The zero-order valence-electron chi connectivity index (χ0n) is 26.5. The van der Waals surface area contributed by atoms with Crippen LogP contribution in [0.4, 0.5) is 15.8 Å². The Bertz CT molecular complexity index is 1680. The van der Waals surface area contributed by atoms with Crippen molar-refractivity contribution < 1.29 is 23.8 Å². The number of rotatable bonds is 9. The molecule has 0 radical (unpaired) electrons. The Morgan fingerprint density at radius 1 is 1.30 bits per heavy atom. The number of likely N-dealkylation sites (tertiary alicyclic amines) is 2. The molecule has 3 aliphatic rings. The minimum Gasteiger partial charge on any atom is -0.492 e. The quantitative estimate of drug-likeness (QED) is 0.207. The summed E-state index contributed by atoms with van der Waals surface area (Å²) in [4.78, 5) is 25.3. The number of amides is 1. The van der Waals surface area contributed by atoms with Crippen LogP contribution in [0.2, 0.25) is 0 Å². The summed E-state index contributed by atoms with van der Waals surface area (Å²) in [5, 5.41) is 17.4. The predicted octanol–water partition coefficient (Wildman–Crippen LogP) is 4.06. The molecule has 0 bridgehead atoms. The summed E-state index contributed by atoms with van der Waals surface area (Å²) >= 11 is 0. The van der Waals surface area contributed by atoms with Gasteiger partial charge in [0.15, 0.2) is 11.6 Å². The number of para-hydroxylation sites is 1. The zero-order chi connectivity index (χ0) is 32.3. The first-order chi connectivity index (χ1) is 22.3. The van der Waals surface area contributed by atoms with Crippen molar-refractivity contribution in [3.63, 3.8) is 0 Å². The van der Waals surface area contributed by atoms with Crippen molar-refractivity contribution in [2.24, 2.45) is 0 Å². The molecule has 2 aromatic heterocycles. The number of aliphatic hydroxyl groups excluding tert-OH is 1. The largest absolute Gasteiger partial charge is 0.492 e. The third kappa shape index (κ3) is 6.39.